The molecular weight excluding hydrogens is 324 g/mol. The first-order valence-electron chi connectivity index (χ1n) is 7.43. The van der Waals surface area contributed by atoms with Crippen LogP contribution in [-0.2, 0) is 4.79 Å². The van der Waals surface area contributed by atoms with Crippen LogP contribution in [0.15, 0.2) is 54.1 Å². The largest absolute Gasteiger partial charge is 0.491 e. The molecule has 0 fully saturated rings. The summed E-state index contributed by atoms with van der Waals surface area (Å²) in [6.07, 6.45) is 1.61. The SMILES string of the molecule is CC(C)Oc1ccc(C=C(C#N)C(=O)Nc2cccc(Cl)c2)cc1. The highest BCUT2D eigenvalue weighted by Gasteiger charge is 2.10. The molecule has 0 atom stereocenters. The molecule has 2 rings (SSSR count). The first-order valence-corrected chi connectivity index (χ1v) is 7.81. The summed E-state index contributed by atoms with van der Waals surface area (Å²) in [5, 5.41) is 12.4. The van der Waals surface area contributed by atoms with Gasteiger partial charge in [-0.1, -0.05) is 29.8 Å². The molecule has 0 aliphatic carbocycles. The van der Waals surface area contributed by atoms with Crippen molar-refractivity contribution in [1.29, 1.82) is 5.26 Å². The third-order valence-electron chi connectivity index (χ3n) is 3.01. The van der Waals surface area contributed by atoms with E-state index >= 15 is 0 Å². The van der Waals surface area contributed by atoms with Crippen molar-refractivity contribution in [2.24, 2.45) is 0 Å². The molecule has 0 aromatic heterocycles. The first-order chi connectivity index (χ1) is 11.5. The molecule has 2 aromatic rings. The highest BCUT2D eigenvalue weighted by molar-refractivity contribution is 6.31. The molecule has 1 amide bonds. The van der Waals surface area contributed by atoms with Crippen molar-refractivity contribution in [1.82, 2.24) is 0 Å². The molecule has 0 spiro atoms. The Morgan fingerprint density at radius 2 is 1.96 bits per heavy atom. The molecule has 4 nitrogen and oxygen atoms in total. The Labute approximate surface area is 146 Å². The number of amides is 1. The summed E-state index contributed by atoms with van der Waals surface area (Å²) in [5.74, 6) is 0.256. The Hall–Kier alpha value is -2.77. The first kappa shape index (κ1) is 17.6. The van der Waals surface area contributed by atoms with Gasteiger partial charge in [0.2, 0.25) is 0 Å². The van der Waals surface area contributed by atoms with Gasteiger partial charge in [-0.25, -0.2) is 0 Å². The number of hydrogen-bond donors (Lipinski definition) is 1. The smallest absolute Gasteiger partial charge is 0.266 e. The van der Waals surface area contributed by atoms with Crippen LogP contribution in [0.4, 0.5) is 5.69 Å². The van der Waals surface area contributed by atoms with Gasteiger partial charge in [0.15, 0.2) is 0 Å². The van der Waals surface area contributed by atoms with Crippen LogP contribution >= 0.6 is 11.6 Å². The van der Waals surface area contributed by atoms with Crippen molar-refractivity contribution >= 4 is 29.3 Å². The minimum absolute atomic E-state index is 0.00695. The highest BCUT2D eigenvalue weighted by Crippen LogP contribution is 2.18. The second-order valence-corrected chi connectivity index (χ2v) is 5.81. The fourth-order valence-electron chi connectivity index (χ4n) is 1.99. The van der Waals surface area contributed by atoms with E-state index in [-0.39, 0.29) is 11.7 Å². The van der Waals surface area contributed by atoms with Crippen molar-refractivity contribution in [3.63, 3.8) is 0 Å². The van der Waals surface area contributed by atoms with Crippen LogP contribution in [0.1, 0.15) is 19.4 Å². The molecule has 0 radical (unpaired) electrons. The summed E-state index contributed by atoms with van der Waals surface area (Å²) in [6.45, 7) is 3.89. The molecular formula is C19H17ClN2O2. The van der Waals surface area contributed by atoms with Gasteiger partial charge in [0, 0.05) is 10.7 Å². The Bertz CT molecular complexity index is 790. The van der Waals surface area contributed by atoms with E-state index in [2.05, 4.69) is 5.32 Å². The molecule has 0 heterocycles. The van der Waals surface area contributed by atoms with Gasteiger partial charge in [0.25, 0.3) is 5.91 Å². The molecule has 0 saturated heterocycles. The Kier molecular flexibility index (Phi) is 6.00. The van der Waals surface area contributed by atoms with E-state index in [4.69, 9.17) is 16.3 Å². The fraction of sp³-hybridized carbons (Fsp3) is 0.158. The van der Waals surface area contributed by atoms with Gasteiger partial charge in [-0.2, -0.15) is 5.26 Å². The maximum absolute atomic E-state index is 12.2. The number of rotatable bonds is 5. The van der Waals surface area contributed by atoms with Gasteiger partial charge in [-0.3, -0.25) is 4.79 Å². The zero-order valence-electron chi connectivity index (χ0n) is 13.4. The maximum Gasteiger partial charge on any atom is 0.266 e. The summed E-state index contributed by atoms with van der Waals surface area (Å²) in [6, 6.07) is 15.9. The van der Waals surface area contributed by atoms with Gasteiger partial charge in [0.05, 0.1) is 6.10 Å². The summed E-state index contributed by atoms with van der Waals surface area (Å²) < 4.78 is 5.56. The summed E-state index contributed by atoms with van der Waals surface area (Å²) in [4.78, 5) is 12.2. The van der Waals surface area contributed by atoms with E-state index in [0.29, 0.717) is 10.7 Å². The molecule has 0 aliphatic heterocycles. The second kappa shape index (κ2) is 8.19. The number of nitrogens with one attached hydrogen (secondary N) is 1. The number of nitriles is 1. The van der Waals surface area contributed by atoms with Gasteiger partial charge in [-0.05, 0) is 55.8 Å². The van der Waals surface area contributed by atoms with E-state index in [1.54, 1.807) is 48.5 Å². The van der Waals surface area contributed by atoms with Crippen molar-refractivity contribution in [3.05, 3.63) is 64.7 Å². The van der Waals surface area contributed by atoms with Crippen molar-refractivity contribution < 1.29 is 9.53 Å². The summed E-state index contributed by atoms with van der Waals surface area (Å²) in [5.41, 5.74) is 1.28. The monoisotopic (exact) mass is 340 g/mol. The summed E-state index contributed by atoms with van der Waals surface area (Å²) in [7, 11) is 0. The van der Waals surface area contributed by atoms with Crippen LogP contribution < -0.4 is 10.1 Å². The second-order valence-electron chi connectivity index (χ2n) is 5.37. The maximum atomic E-state index is 12.2. The number of carbonyl (C=O) groups is 1. The van der Waals surface area contributed by atoms with Crippen LogP contribution in [-0.4, -0.2) is 12.0 Å². The number of ether oxygens (including phenoxy) is 1. The molecule has 24 heavy (non-hydrogen) atoms. The molecule has 2 aromatic carbocycles. The minimum atomic E-state index is -0.484. The third kappa shape index (κ3) is 5.15. The van der Waals surface area contributed by atoms with E-state index in [0.717, 1.165) is 11.3 Å². The average Bonchev–Trinajstić information content (AvgIpc) is 2.53. The lowest BCUT2D eigenvalue weighted by molar-refractivity contribution is -0.112. The Morgan fingerprint density at radius 1 is 1.25 bits per heavy atom. The number of carbonyl (C=O) groups excluding carboxylic acids is 1. The Balaban J connectivity index is 2.13. The van der Waals surface area contributed by atoms with Crippen LogP contribution in [0, 0.1) is 11.3 Å². The molecule has 0 bridgehead atoms. The van der Waals surface area contributed by atoms with Crippen molar-refractivity contribution in [2.75, 3.05) is 5.32 Å². The number of anilines is 1. The van der Waals surface area contributed by atoms with Crippen LogP contribution in [0.5, 0.6) is 5.75 Å². The lowest BCUT2D eigenvalue weighted by atomic mass is 10.1. The topological polar surface area (TPSA) is 62.1 Å². The van der Waals surface area contributed by atoms with E-state index in [1.807, 2.05) is 19.9 Å². The van der Waals surface area contributed by atoms with E-state index in [9.17, 15) is 10.1 Å². The fourth-order valence-corrected chi connectivity index (χ4v) is 2.18. The quantitative estimate of drug-likeness (QED) is 0.635. The molecule has 0 saturated carbocycles. The number of nitrogens with zero attached hydrogens (tertiary/aromatic N) is 1. The molecule has 0 unspecified atom stereocenters. The summed E-state index contributed by atoms with van der Waals surface area (Å²) >= 11 is 5.88. The predicted octanol–water partition coefficient (Wildman–Crippen LogP) is 4.67. The van der Waals surface area contributed by atoms with Crippen LogP contribution in [0.2, 0.25) is 5.02 Å². The van der Waals surface area contributed by atoms with Gasteiger partial charge in [0.1, 0.15) is 17.4 Å². The Morgan fingerprint density at radius 3 is 2.54 bits per heavy atom. The molecule has 1 N–H and O–H groups in total. The predicted molar refractivity (Wildman–Crippen MR) is 95.9 cm³/mol. The van der Waals surface area contributed by atoms with Gasteiger partial charge in [-0.15, -0.1) is 0 Å². The normalized spacial score (nSPS) is 11.0. The number of benzene rings is 2. The van der Waals surface area contributed by atoms with Gasteiger partial charge < -0.3 is 10.1 Å². The van der Waals surface area contributed by atoms with Crippen LogP contribution in [0.25, 0.3) is 6.08 Å². The van der Waals surface area contributed by atoms with Gasteiger partial charge >= 0.3 is 0 Å². The highest BCUT2D eigenvalue weighted by atomic mass is 35.5. The van der Waals surface area contributed by atoms with Crippen molar-refractivity contribution in [3.8, 4) is 11.8 Å². The van der Waals surface area contributed by atoms with E-state index in [1.165, 1.54) is 6.08 Å². The molecule has 5 heteroatoms. The number of halogens is 1. The standard InChI is InChI=1S/C19H17ClN2O2/c1-13(2)24-18-8-6-14(7-9-18)10-15(12-21)19(23)22-17-5-3-4-16(20)11-17/h3-11,13H,1-2H3,(H,22,23). The lowest BCUT2D eigenvalue weighted by Crippen LogP contribution is -2.13. The molecule has 0 aliphatic rings. The average molecular weight is 341 g/mol. The number of hydrogen-bond acceptors (Lipinski definition) is 3. The van der Waals surface area contributed by atoms with Crippen LogP contribution in [0.3, 0.4) is 0 Å². The van der Waals surface area contributed by atoms with Crippen molar-refractivity contribution in [2.45, 2.75) is 20.0 Å². The third-order valence-corrected chi connectivity index (χ3v) is 3.25. The zero-order chi connectivity index (χ0) is 17.5. The molecule has 122 valence electrons. The minimum Gasteiger partial charge on any atom is -0.491 e. The van der Waals surface area contributed by atoms with E-state index < -0.39 is 5.91 Å². The zero-order valence-corrected chi connectivity index (χ0v) is 14.2. The lowest BCUT2D eigenvalue weighted by Gasteiger charge is -2.09.